The van der Waals surface area contributed by atoms with Crippen LogP contribution in [0.2, 0.25) is 0 Å². The fourth-order valence-corrected chi connectivity index (χ4v) is 5.79. The van der Waals surface area contributed by atoms with Crippen LogP contribution >= 0.6 is 15.9 Å². The lowest BCUT2D eigenvalue weighted by molar-refractivity contribution is 0.209. The van der Waals surface area contributed by atoms with Crippen LogP contribution in [0.1, 0.15) is 56.7 Å². The molecule has 0 N–H and O–H groups in total. The molecular formula is C19H29BrO. The topological polar surface area (TPSA) is 9.23 Å². The van der Waals surface area contributed by atoms with E-state index >= 15 is 0 Å². The molecule has 3 unspecified atom stereocenters. The lowest BCUT2D eigenvalue weighted by Crippen LogP contribution is -2.39. The summed E-state index contributed by atoms with van der Waals surface area (Å²) in [5.74, 6) is 2.54. The number of rotatable bonds is 3. The minimum Gasteiger partial charge on any atom is -0.496 e. The molecule has 2 rings (SSSR count). The van der Waals surface area contributed by atoms with Gasteiger partial charge in [0.15, 0.2) is 0 Å². The number of aryl methyl sites for hydroxylation is 2. The highest BCUT2D eigenvalue weighted by molar-refractivity contribution is 9.09. The Kier molecular flexibility index (Phi) is 5.07. The Balaban J connectivity index is 2.44. The minimum absolute atomic E-state index is 0.122. The monoisotopic (exact) mass is 352 g/mol. The Hall–Kier alpha value is -0.500. The van der Waals surface area contributed by atoms with E-state index in [0.29, 0.717) is 10.7 Å². The molecule has 3 atom stereocenters. The fraction of sp³-hybridized carbons (Fsp3) is 0.684. The molecule has 2 heteroatoms. The first-order valence-corrected chi connectivity index (χ1v) is 8.98. The van der Waals surface area contributed by atoms with Crippen LogP contribution in [0.3, 0.4) is 0 Å². The van der Waals surface area contributed by atoms with Gasteiger partial charge in [0.25, 0.3) is 0 Å². The smallest absolute Gasteiger partial charge is 0.123 e. The van der Waals surface area contributed by atoms with Crippen LogP contribution in [0.5, 0.6) is 5.75 Å². The van der Waals surface area contributed by atoms with Crippen LogP contribution in [0.25, 0.3) is 0 Å². The van der Waals surface area contributed by atoms with Gasteiger partial charge in [0.1, 0.15) is 5.75 Å². The summed E-state index contributed by atoms with van der Waals surface area (Å²) in [6.07, 6.45) is 3.91. The zero-order chi connectivity index (χ0) is 15.8. The van der Waals surface area contributed by atoms with Gasteiger partial charge < -0.3 is 4.74 Å². The van der Waals surface area contributed by atoms with Gasteiger partial charge in [-0.15, -0.1) is 0 Å². The average Bonchev–Trinajstić information content (AvgIpc) is 2.36. The van der Waals surface area contributed by atoms with Gasteiger partial charge in [-0.1, -0.05) is 49.2 Å². The van der Waals surface area contributed by atoms with Crippen LogP contribution in [0.4, 0.5) is 0 Å². The maximum absolute atomic E-state index is 5.73. The number of ether oxygens (including phenoxy) is 1. The zero-order valence-electron chi connectivity index (χ0n) is 14.3. The van der Waals surface area contributed by atoms with E-state index in [1.807, 2.05) is 0 Å². The van der Waals surface area contributed by atoms with Gasteiger partial charge in [0.2, 0.25) is 0 Å². The molecule has 1 fully saturated rings. The van der Waals surface area contributed by atoms with E-state index in [2.05, 4.69) is 62.7 Å². The second-order valence-electron chi connectivity index (χ2n) is 7.42. The summed E-state index contributed by atoms with van der Waals surface area (Å²) in [6.45, 7) is 11.5. The normalized spacial score (nSPS) is 26.7. The van der Waals surface area contributed by atoms with Crippen molar-refractivity contribution in [2.24, 2.45) is 11.8 Å². The summed E-state index contributed by atoms with van der Waals surface area (Å²) in [5, 5.41) is 0. The number of hydrogen-bond donors (Lipinski definition) is 0. The van der Waals surface area contributed by atoms with E-state index in [9.17, 15) is 0 Å². The molecule has 0 spiro atoms. The molecule has 1 aromatic carbocycles. The minimum atomic E-state index is 0.122. The Bertz CT molecular complexity index is 507. The number of halogens is 1. The van der Waals surface area contributed by atoms with Gasteiger partial charge >= 0.3 is 0 Å². The van der Waals surface area contributed by atoms with E-state index in [1.165, 1.54) is 36.0 Å². The summed E-state index contributed by atoms with van der Waals surface area (Å²) < 4.78 is 5.73. The highest BCUT2D eigenvalue weighted by atomic mass is 79.9. The second kappa shape index (κ2) is 6.32. The molecule has 0 heterocycles. The Morgan fingerprint density at radius 3 is 2.43 bits per heavy atom. The number of benzene rings is 1. The number of methoxy groups -OCH3 is 1. The third kappa shape index (κ3) is 3.31. The van der Waals surface area contributed by atoms with Gasteiger partial charge in [0, 0.05) is 10.4 Å². The first-order chi connectivity index (χ1) is 9.77. The Morgan fingerprint density at radius 1 is 1.19 bits per heavy atom. The predicted molar refractivity (Wildman–Crippen MR) is 94.7 cm³/mol. The first kappa shape index (κ1) is 16.9. The molecule has 0 bridgehead atoms. The molecule has 0 amide bonds. The quantitative estimate of drug-likeness (QED) is 0.625. The second-order valence-corrected chi connectivity index (χ2v) is 8.60. The molecule has 0 aliphatic heterocycles. The molecule has 0 aromatic heterocycles. The molecule has 1 saturated carbocycles. The van der Waals surface area contributed by atoms with Crippen molar-refractivity contribution in [1.29, 1.82) is 0 Å². The molecule has 1 nitrogen and oxygen atoms in total. The maximum Gasteiger partial charge on any atom is 0.123 e. The molecule has 1 aliphatic rings. The van der Waals surface area contributed by atoms with Gasteiger partial charge in [-0.05, 0) is 61.1 Å². The zero-order valence-corrected chi connectivity index (χ0v) is 15.9. The van der Waals surface area contributed by atoms with Crippen LogP contribution in [-0.2, 0) is 5.41 Å². The van der Waals surface area contributed by atoms with E-state index in [1.54, 1.807) is 7.11 Å². The van der Waals surface area contributed by atoms with E-state index in [4.69, 9.17) is 4.74 Å². The maximum atomic E-state index is 5.73. The largest absolute Gasteiger partial charge is 0.496 e. The van der Waals surface area contributed by atoms with E-state index in [0.717, 1.165) is 11.7 Å². The van der Waals surface area contributed by atoms with Crippen LogP contribution < -0.4 is 4.74 Å². The molecule has 1 aliphatic carbocycles. The van der Waals surface area contributed by atoms with E-state index < -0.39 is 0 Å². The van der Waals surface area contributed by atoms with Crippen molar-refractivity contribution in [2.75, 3.05) is 7.11 Å². The van der Waals surface area contributed by atoms with Crippen LogP contribution in [0.15, 0.2) is 12.1 Å². The highest BCUT2D eigenvalue weighted by Gasteiger charge is 2.41. The van der Waals surface area contributed by atoms with Crippen molar-refractivity contribution in [2.45, 2.75) is 64.1 Å². The summed E-state index contributed by atoms with van der Waals surface area (Å²) in [4.78, 5) is 0.599. The van der Waals surface area contributed by atoms with Crippen molar-refractivity contribution in [3.8, 4) is 5.75 Å². The SMILES string of the molecule is COc1cc(C)cc(C)c1C(C)(C)C1CCC(C)CC1Br. The highest BCUT2D eigenvalue weighted by Crippen LogP contribution is 2.48. The van der Waals surface area contributed by atoms with Crippen LogP contribution in [0, 0.1) is 25.7 Å². The Labute approximate surface area is 138 Å². The van der Waals surface area contributed by atoms with Gasteiger partial charge in [-0.3, -0.25) is 0 Å². The predicted octanol–water partition coefficient (Wildman–Crippen LogP) is 5.79. The lowest BCUT2D eigenvalue weighted by Gasteiger charge is -2.43. The molecule has 118 valence electrons. The molecule has 1 aromatic rings. The van der Waals surface area contributed by atoms with Crippen molar-refractivity contribution >= 4 is 15.9 Å². The number of hydrogen-bond acceptors (Lipinski definition) is 1. The standard InChI is InChI=1S/C19H29BrO/c1-12-7-8-15(16(20)10-12)19(4,5)18-14(3)9-13(2)11-17(18)21-6/h9,11-12,15-16H,7-8,10H2,1-6H3. The van der Waals surface area contributed by atoms with Crippen LogP contribution in [-0.4, -0.2) is 11.9 Å². The van der Waals surface area contributed by atoms with Crippen molar-refractivity contribution < 1.29 is 4.74 Å². The summed E-state index contributed by atoms with van der Waals surface area (Å²) in [7, 11) is 1.79. The lowest BCUT2D eigenvalue weighted by atomic mass is 9.64. The van der Waals surface area contributed by atoms with Gasteiger partial charge in [-0.25, -0.2) is 0 Å². The van der Waals surface area contributed by atoms with Crippen molar-refractivity contribution in [3.63, 3.8) is 0 Å². The summed E-state index contributed by atoms with van der Waals surface area (Å²) in [6, 6.07) is 4.47. The first-order valence-electron chi connectivity index (χ1n) is 8.07. The molecule has 0 saturated heterocycles. The van der Waals surface area contributed by atoms with Gasteiger partial charge in [-0.2, -0.15) is 0 Å². The average molecular weight is 353 g/mol. The van der Waals surface area contributed by atoms with Crippen molar-refractivity contribution in [1.82, 2.24) is 0 Å². The Morgan fingerprint density at radius 2 is 1.86 bits per heavy atom. The number of alkyl halides is 1. The summed E-state index contributed by atoms with van der Waals surface area (Å²) >= 11 is 3.97. The van der Waals surface area contributed by atoms with Crippen molar-refractivity contribution in [3.05, 3.63) is 28.8 Å². The van der Waals surface area contributed by atoms with E-state index in [-0.39, 0.29) is 5.41 Å². The third-order valence-electron chi connectivity index (χ3n) is 5.27. The molecule has 21 heavy (non-hydrogen) atoms. The molecular weight excluding hydrogens is 324 g/mol. The fourth-order valence-electron chi connectivity index (χ4n) is 4.23. The molecule has 0 radical (unpaired) electrons. The summed E-state index contributed by atoms with van der Waals surface area (Å²) in [5.41, 5.74) is 4.14. The third-order valence-corrected chi connectivity index (χ3v) is 6.28. The van der Waals surface area contributed by atoms with Gasteiger partial charge in [0.05, 0.1) is 7.11 Å².